The minimum absolute atomic E-state index is 0.0766. The number of methoxy groups -OCH3 is 1. The molecule has 0 saturated carbocycles. The summed E-state index contributed by atoms with van der Waals surface area (Å²) in [7, 11) is 1.56. The molecule has 2 unspecified atom stereocenters. The second-order valence-corrected chi connectivity index (χ2v) is 5.21. The minimum Gasteiger partial charge on any atom is -0.480 e. The van der Waals surface area contributed by atoms with Crippen LogP contribution in [-0.4, -0.2) is 47.1 Å². The SMILES string of the molecule is CCC(CO)NC(C)(CC(C)(C)OC)C(=O)O. The van der Waals surface area contributed by atoms with Crippen LogP contribution in [-0.2, 0) is 9.53 Å². The van der Waals surface area contributed by atoms with Crippen LogP contribution in [0.1, 0.15) is 40.5 Å². The largest absolute Gasteiger partial charge is 0.480 e. The Hall–Kier alpha value is -0.650. The van der Waals surface area contributed by atoms with Crippen molar-refractivity contribution in [2.24, 2.45) is 0 Å². The van der Waals surface area contributed by atoms with Crippen LogP contribution in [0.2, 0.25) is 0 Å². The Labute approximate surface area is 103 Å². The second-order valence-electron chi connectivity index (χ2n) is 5.21. The number of nitrogens with one attached hydrogen (secondary N) is 1. The van der Waals surface area contributed by atoms with Gasteiger partial charge in [-0.25, -0.2) is 0 Å². The molecule has 0 aromatic carbocycles. The molecule has 0 spiro atoms. The van der Waals surface area contributed by atoms with Crippen LogP contribution in [0.3, 0.4) is 0 Å². The van der Waals surface area contributed by atoms with Crippen molar-refractivity contribution in [3.8, 4) is 0 Å². The first-order chi connectivity index (χ1) is 7.70. The topological polar surface area (TPSA) is 78.8 Å². The fourth-order valence-electron chi connectivity index (χ4n) is 1.84. The van der Waals surface area contributed by atoms with Crippen LogP contribution in [0.4, 0.5) is 0 Å². The van der Waals surface area contributed by atoms with E-state index in [4.69, 9.17) is 9.84 Å². The van der Waals surface area contributed by atoms with Gasteiger partial charge >= 0.3 is 5.97 Å². The summed E-state index contributed by atoms with van der Waals surface area (Å²) in [5.41, 5.74) is -1.64. The molecule has 0 heterocycles. The highest BCUT2D eigenvalue weighted by Crippen LogP contribution is 2.24. The van der Waals surface area contributed by atoms with Gasteiger partial charge in [-0.3, -0.25) is 10.1 Å². The molecule has 3 N–H and O–H groups in total. The Kier molecular flexibility index (Phi) is 6.09. The number of carboxylic acid groups (broad SMARTS) is 1. The average Bonchev–Trinajstić information content (AvgIpc) is 2.25. The van der Waals surface area contributed by atoms with E-state index in [1.165, 1.54) is 0 Å². The third-order valence-corrected chi connectivity index (χ3v) is 3.04. The van der Waals surface area contributed by atoms with E-state index in [0.29, 0.717) is 12.8 Å². The molecule has 0 aromatic rings. The quantitative estimate of drug-likeness (QED) is 0.596. The van der Waals surface area contributed by atoms with Gasteiger partial charge in [0.25, 0.3) is 0 Å². The molecule has 0 fully saturated rings. The van der Waals surface area contributed by atoms with Crippen LogP contribution in [0.25, 0.3) is 0 Å². The van der Waals surface area contributed by atoms with E-state index in [-0.39, 0.29) is 12.6 Å². The summed E-state index contributed by atoms with van der Waals surface area (Å²) in [5, 5.41) is 21.5. The molecule has 2 atom stereocenters. The fraction of sp³-hybridized carbons (Fsp3) is 0.917. The highest BCUT2D eigenvalue weighted by Gasteiger charge is 2.40. The van der Waals surface area contributed by atoms with Crippen LogP contribution < -0.4 is 5.32 Å². The Morgan fingerprint density at radius 2 is 1.94 bits per heavy atom. The molecule has 0 aliphatic heterocycles. The Morgan fingerprint density at radius 1 is 1.41 bits per heavy atom. The number of rotatable bonds is 8. The van der Waals surface area contributed by atoms with E-state index in [0.717, 1.165) is 0 Å². The molecule has 17 heavy (non-hydrogen) atoms. The van der Waals surface area contributed by atoms with Crippen molar-refractivity contribution in [1.82, 2.24) is 5.32 Å². The van der Waals surface area contributed by atoms with Gasteiger partial charge in [0.2, 0.25) is 0 Å². The van der Waals surface area contributed by atoms with Gasteiger partial charge < -0.3 is 14.9 Å². The lowest BCUT2D eigenvalue weighted by Gasteiger charge is -2.36. The summed E-state index contributed by atoms with van der Waals surface area (Å²) < 4.78 is 5.27. The maximum atomic E-state index is 11.4. The highest BCUT2D eigenvalue weighted by molar-refractivity contribution is 5.78. The average molecular weight is 247 g/mol. The lowest BCUT2D eigenvalue weighted by atomic mass is 9.86. The van der Waals surface area contributed by atoms with Crippen molar-refractivity contribution < 1.29 is 19.7 Å². The molecule has 0 rings (SSSR count). The molecule has 0 bridgehead atoms. The van der Waals surface area contributed by atoms with Crippen LogP contribution in [0.15, 0.2) is 0 Å². The van der Waals surface area contributed by atoms with Crippen molar-refractivity contribution in [1.29, 1.82) is 0 Å². The monoisotopic (exact) mass is 247 g/mol. The number of hydrogen-bond acceptors (Lipinski definition) is 4. The van der Waals surface area contributed by atoms with Crippen LogP contribution in [0.5, 0.6) is 0 Å². The van der Waals surface area contributed by atoms with Crippen molar-refractivity contribution in [2.45, 2.75) is 57.7 Å². The van der Waals surface area contributed by atoms with Crippen molar-refractivity contribution in [3.63, 3.8) is 0 Å². The Bertz CT molecular complexity index is 251. The lowest BCUT2D eigenvalue weighted by Crippen LogP contribution is -2.57. The van der Waals surface area contributed by atoms with E-state index < -0.39 is 17.1 Å². The predicted molar refractivity (Wildman–Crippen MR) is 66.0 cm³/mol. The maximum absolute atomic E-state index is 11.4. The molecule has 0 aliphatic rings. The van der Waals surface area contributed by atoms with Gasteiger partial charge in [0.1, 0.15) is 5.54 Å². The van der Waals surface area contributed by atoms with Crippen LogP contribution in [0, 0.1) is 0 Å². The van der Waals surface area contributed by atoms with Crippen LogP contribution >= 0.6 is 0 Å². The summed E-state index contributed by atoms with van der Waals surface area (Å²) in [6, 6.07) is -0.219. The Balaban J connectivity index is 4.85. The zero-order chi connectivity index (χ0) is 13.7. The number of carboxylic acids is 1. The van der Waals surface area contributed by atoms with E-state index >= 15 is 0 Å². The van der Waals surface area contributed by atoms with E-state index in [9.17, 15) is 9.90 Å². The van der Waals surface area contributed by atoms with Gasteiger partial charge in [-0.05, 0) is 27.2 Å². The molecule has 0 amide bonds. The van der Waals surface area contributed by atoms with Gasteiger partial charge in [-0.2, -0.15) is 0 Å². The van der Waals surface area contributed by atoms with E-state index in [2.05, 4.69) is 5.32 Å². The van der Waals surface area contributed by atoms with Gasteiger partial charge in [0.05, 0.1) is 12.2 Å². The van der Waals surface area contributed by atoms with Gasteiger partial charge in [0.15, 0.2) is 0 Å². The zero-order valence-electron chi connectivity index (χ0n) is 11.4. The first-order valence-electron chi connectivity index (χ1n) is 5.88. The molecule has 102 valence electrons. The molecular weight excluding hydrogens is 222 g/mol. The number of ether oxygens (including phenoxy) is 1. The van der Waals surface area contributed by atoms with Gasteiger partial charge in [-0.1, -0.05) is 6.92 Å². The lowest BCUT2D eigenvalue weighted by molar-refractivity contribution is -0.148. The van der Waals surface area contributed by atoms with Crippen molar-refractivity contribution in [2.75, 3.05) is 13.7 Å². The highest BCUT2D eigenvalue weighted by atomic mass is 16.5. The third-order valence-electron chi connectivity index (χ3n) is 3.04. The van der Waals surface area contributed by atoms with Crippen molar-refractivity contribution >= 4 is 5.97 Å². The summed E-state index contributed by atoms with van der Waals surface area (Å²) in [6.07, 6.45) is 0.995. The number of aliphatic carboxylic acids is 1. The normalized spacial score (nSPS) is 17.5. The third kappa shape index (κ3) is 5.02. The number of hydrogen-bond donors (Lipinski definition) is 3. The molecule has 5 heteroatoms. The van der Waals surface area contributed by atoms with Gasteiger partial charge in [0, 0.05) is 19.6 Å². The molecule has 0 aliphatic carbocycles. The molecule has 5 nitrogen and oxygen atoms in total. The molecule has 0 saturated heterocycles. The second kappa shape index (κ2) is 6.33. The molecule has 0 aromatic heterocycles. The standard InChI is InChI=1S/C12H25NO4/c1-6-9(7-14)13-12(4,10(15)16)8-11(2,3)17-5/h9,13-14H,6-8H2,1-5H3,(H,15,16). The summed E-state index contributed by atoms with van der Waals surface area (Å²) in [5.74, 6) is -0.936. The first kappa shape index (κ1) is 16.4. The summed E-state index contributed by atoms with van der Waals surface area (Å²) in [6.45, 7) is 7.13. The van der Waals surface area contributed by atoms with E-state index in [1.54, 1.807) is 14.0 Å². The van der Waals surface area contributed by atoms with Crippen molar-refractivity contribution in [3.05, 3.63) is 0 Å². The smallest absolute Gasteiger partial charge is 0.323 e. The van der Waals surface area contributed by atoms with Gasteiger partial charge in [-0.15, -0.1) is 0 Å². The Morgan fingerprint density at radius 3 is 2.24 bits per heavy atom. The zero-order valence-corrected chi connectivity index (χ0v) is 11.4. The summed E-state index contributed by atoms with van der Waals surface area (Å²) >= 11 is 0. The number of aliphatic hydroxyl groups is 1. The maximum Gasteiger partial charge on any atom is 0.323 e. The number of aliphatic hydroxyl groups excluding tert-OH is 1. The first-order valence-corrected chi connectivity index (χ1v) is 5.88. The van der Waals surface area contributed by atoms with E-state index in [1.807, 2.05) is 20.8 Å². The minimum atomic E-state index is -1.11. The summed E-state index contributed by atoms with van der Waals surface area (Å²) in [4.78, 5) is 11.4. The number of carbonyl (C=O) groups is 1. The molecule has 0 radical (unpaired) electrons. The fourth-order valence-corrected chi connectivity index (χ4v) is 1.84. The predicted octanol–water partition coefficient (Wildman–Crippen LogP) is 1.01. The molecular formula is C12H25NO4.